The average molecular weight is 364 g/mol. The maximum atomic E-state index is 12.2. The van der Waals surface area contributed by atoms with Crippen molar-refractivity contribution >= 4 is 21.6 Å². The van der Waals surface area contributed by atoms with Gasteiger partial charge in [-0.2, -0.15) is 0 Å². The minimum absolute atomic E-state index is 0.263. The smallest absolute Gasteiger partial charge is 0.251 e. The Balaban J connectivity index is 2.00. The lowest BCUT2D eigenvalue weighted by Gasteiger charge is -2.10. The van der Waals surface area contributed by atoms with Gasteiger partial charge in [0, 0.05) is 17.8 Å². The molecule has 8 heteroatoms. The standard InChI is InChI=1S/C17H20N2O5S/c1-23-15-9-4-12(10-16(15)24-2)11-18-17(20)13-5-7-14(8-6-13)19-25(3,21)22/h4-10,19H,11H2,1-3H3,(H,18,20). The van der Waals surface area contributed by atoms with Gasteiger partial charge in [-0.15, -0.1) is 0 Å². The zero-order valence-electron chi connectivity index (χ0n) is 14.2. The topological polar surface area (TPSA) is 93.7 Å². The highest BCUT2D eigenvalue weighted by Crippen LogP contribution is 2.27. The Morgan fingerprint density at radius 1 is 1.00 bits per heavy atom. The summed E-state index contributed by atoms with van der Waals surface area (Å²) in [4.78, 5) is 12.2. The zero-order valence-corrected chi connectivity index (χ0v) is 15.0. The third-order valence-electron chi connectivity index (χ3n) is 3.35. The summed E-state index contributed by atoms with van der Waals surface area (Å²) in [6.07, 6.45) is 1.07. The molecular formula is C17H20N2O5S. The molecule has 2 aromatic carbocycles. The van der Waals surface area contributed by atoms with Gasteiger partial charge in [-0.3, -0.25) is 9.52 Å². The Hall–Kier alpha value is -2.74. The molecule has 0 aliphatic carbocycles. The van der Waals surface area contributed by atoms with Gasteiger partial charge in [0.2, 0.25) is 10.0 Å². The molecular weight excluding hydrogens is 344 g/mol. The van der Waals surface area contributed by atoms with E-state index in [0.717, 1.165) is 11.8 Å². The van der Waals surface area contributed by atoms with Crippen molar-refractivity contribution in [3.63, 3.8) is 0 Å². The monoisotopic (exact) mass is 364 g/mol. The first-order valence-corrected chi connectivity index (χ1v) is 9.28. The third kappa shape index (κ3) is 5.39. The summed E-state index contributed by atoms with van der Waals surface area (Å²) in [7, 11) is -0.237. The van der Waals surface area contributed by atoms with Crippen molar-refractivity contribution in [3.8, 4) is 11.5 Å². The normalized spacial score (nSPS) is 10.8. The Bertz CT molecular complexity index is 848. The highest BCUT2D eigenvalue weighted by Gasteiger charge is 2.09. The number of anilines is 1. The average Bonchev–Trinajstić information content (AvgIpc) is 2.58. The van der Waals surface area contributed by atoms with Gasteiger partial charge < -0.3 is 14.8 Å². The van der Waals surface area contributed by atoms with Crippen LogP contribution >= 0.6 is 0 Å². The molecule has 25 heavy (non-hydrogen) atoms. The summed E-state index contributed by atoms with van der Waals surface area (Å²) in [6.45, 7) is 0.322. The predicted octanol–water partition coefficient (Wildman–Crippen LogP) is 2.01. The van der Waals surface area contributed by atoms with Crippen LogP contribution in [-0.2, 0) is 16.6 Å². The number of sulfonamides is 1. The van der Waals surface area contributed by atoms with Gasteiger partial charge in [-0.05, 0) is 42.0 Å². The van der Waals surface area contributed by atoms with Gasteiger partial charge in [0.15, 0.2) is 11.5 Å². The second-order valence-electron chi connectivity index (χ2n) is 5.32. The number of carbonyl (C=O) groups excluding carboxylic acids is 1. The van der Waals surface area contributed by atoms with E-state index in [9.17, 15) is 13.2 Å². The fourth-order valence-electron chi connectivity index (χ4n) is 2.18. The molecule has 0 aliphatic rings. The third-order valence-corrected chi connectivity index (χ3v) is 3.96. The Kier molecular flexibility index (Phi) is 5.87. The van der Waals surface area contributed by atoms with Gasteiger partial charge in [-0.25, -0.2) is 8.42 Å². The lowest BCUT2D eigenvalue weighted by atomic mass is 10.1. The van der Waals surface area contributed by atoms with Crippen molar-refractivity contribution in [1.29, 1.82) is 0 Å². The second-order valence-corrected chi connectivity index (χ2v) is 7.07. The first kappa shape index (κ1) is 18.6. The summed E-state index contributed by atoms with van der Waals surface area (Å²) in [5.41, 5.74) is 1.69. The van der Waals surface area contributed by atoms with E-state index in [0.29, 0.717) is 29.3 Å². The molecule has 0 aromatic heterocycles. The Morgan fingerprint density at radius 2 is 1.64 bits per heavy atom. The number of nitrogens with one attached hydrogen (secondary N) is 2. The van der Waals surface area contributed by atoms with Crippen LogP contribution < -0.4 is 19.5 Å². The zero-order chi connectivity index (χ0) is 18.4. The van der Waals surface area contributed by atoms with E-state index in [1.54, 1.807) is 38.5 Å². The number of hydrogen-bond acceptors (Lipinski definition) is 5. The number of ether oxygens (including phenoxy) is 2. The summed E-state index contributed by atoms with van der Waals surface area (Å²) in [5.74, 6) is 0.942. The van der Waals surface area contributed by atoms with Crippen LogP contribution in [0.3, 0.4) is 0 Å². The van der Waals surface area contributed by atoms with Gasteiger partial charge in [0.1, 0.15) is 0 Å². The lowest BCUT2D eigenvalue weighted by molar-refractivity contribution is 0.0951. The van der Waals surface area contributed by atoms with Crippen LogP contribution in [0.2, 0.25) is 0 Å². The van der Waals surface area contributed by atoms with E-state index in [-0.39, 0.29) is 5.91 Å². The summed E-state index contributed by atoms with van der Waals surface area (Å²) < 4.78 is 35.1. The number of carbonyl (C=O) groups is 1. The van der Waals surface area contributed by atoms with Crippen molar-refractivity contribution in [2.24, 2.45) is 0 Å². The van der Waals surface area contributed by atoms with Crippen LogP contribution in [0, 0.1) is 0 Å². The molecule has 0 aliphatic heterocycles. The van der Waals surface area contributed by atoms with Crippen molar-refractivity contribution < 1.29 is 22.7 Å². The van der Waals surface area contributed by atoms with Crippen LogP contribution in [0.4, 0.5) is 5.69 Å². The number of benzene rings is 2. The number of methoxy groups -OCH3 is 2. The summed E-state index contributed by atoms with van der Waals surface area (Å²) in [5, 5.41) is 2.80. The maximum absolute atomic E-state index is 12.2. The number of hydrogen-bond donors (Lipinski definition) is 2. The van der Waals surface area contributed by atoms with Crippen molar-refractivity contribution in [3.05, 3.63) is 53.6 Å². The fourth-order valence-corrected chi connectivity index (χ4v) is 2.74. The largest absolute Gasteiger partial charge is 0.493 e. The fraction of sp³-hybridized carbons (Fsp3) is 0.235. The van der Waals surface area contributed by atoms with Crippen LogP contribution in [0.15, 0.2) is 42.5 Å². The molecule has 0 saturated heterocycles. The van der Waals surface area contributed by atoms with Crippen LogP contribution in [-0.4, -0.2) is 34.8 Å². The number of rotatable bonds is 7. The summed E-state index contributed by atoms with van der Waals surface area (Å²) in [6, 6.07) is 11.6. The first-order chi connectivity index (χ1) is 11.8. The quantitative estimate of drug-likeness (QED) is 0.784. The van der Waals surface area contributed by atoms with Gasteiger partial charge in [-0.1, -0.05) is 6.07 Å². The molecule has 1 amide bonds. The van der Waals surface area contributed by atoms with Crippen LogP contribution in [0.5, 0.6) is 11.5 Å². The molecule has 2 N–H and O–H groups in total. The minimum atomic E-state index is -3.34. The van der Waals surface area contributed by atoms with Gasteiger partial charge >= 0.3 is 0 Å². The van der Waals surface area contributed by atoms with E-state index in [2.05, 4.69) is 10.0 Å². The van der Waals surface area contributed by atoms with Crippen molar-refractivity contribution in [2.45, 2.75) is 6.54 Å². The van der Waals surface area contributed by atoms with Gasteiger partial charge in [0.25, 0.3) is 5.91 Å². The van der Waals surface area contributed by atoms with E-state index in [4.69, 9.17) is 9.47 Å². The lowest BCUT2D eigenvalue weighted by Crippen LogP contribution is -2.22. The van der Waals surface area contributed by atoms with Crippen molar-refractivity contribution in [2.75, 3.05) is 25.2 Å². The molecule has 0 radical (unpaired) electrons. The first-order valence-electron chi connectivity index (χ1n) is 7.39. The van der Waals surface area contributed by atoms with E-state index in [1.165, 1.54) is 12.1 Å². The van der Waals surface area contributed by atoms with Gasteiger partial charge in [0.05, 0.1) is 20.5 Å². The SMILES string of the molecule is COc1ccc(CNC(=O)c2ccc(NS(C)(=O)=O)cc2)cc1OC. The molecule has 0 saturated carbocycles. The molecule has 2 aromatic rings. The molecule has 0 spiro atoms. The molecule has 0 unspecified atom stereocenters. The summed E-state index contributed by atoms with van der Waals surface area (Å²) >= 11 is 0. The van der Waals surface area contributed by atoms with E-state index in [1.807, 2.05) is 6.07 Å². The molecule has 134 valence electrons. The van der Waals surface area contributed by atoms with Crippen molar-refractivity contribution in [1.82, 2.24) is 5.32 Å². The highest BCUT2D eigenvalue weighted by molar-refractivity contribution is 7.92. The second kappa shape index (κ2) is 7.89. The predicted molar refractivity (Wildman–Crippen MR) is 95.6 cm³/mol. The number of amides is 1. The highest BCUT2D eigenvalue weighted by atomic mass is 32.2. The Morgan fingerprint density at radius 3 is 2.20 bits per heavy atom. The Labute approximate surface area is 147 Å². The van der Waals surface area contributed by atoms with E-state index >= 15 is 0 Å². The molecule has 0 heterocycles. The minimum Gasteiger partial charge on any atom is -0.493 e. The molecule has 0 atom stereocenters. The van der Waals surface area contributed by atoms with Crippen LogP contribution in [0.1, 0.15) is 15.9 Å². The van der Waals surface area contributed by atoms with E-state index < -0.39 is 10.0 Å². The maximum Gasteiger partial charge on any atom is 0.251 e. The van der Waals surface area contributed by atoms with Crippen LogP contribution in [0.25, 0.3) is 0 Å². The molecule has 0 bridgehead atoms. The molecule has 0 fully saturated rings. The molecule has 7 nitrogen and oxygen atoms in total. The molecule has 2 rings (SSSR count).